The van der Waals surface area contributed by atoms with Crippen LogP contribution in [-0.4, -0.2) is 73.4 Å². The molecule has 1 N–H and O–H groups in total. The first-order chi connectivity index (χ1) is 10.1. The first-order valence-electron chi connectivity index (χ1n) is 8.05. The van der Waals surface area contributed by atoms with Crippen molar-refractivity contribution in [3.05, 3.63) is 11.6 Å². The lowest BCUT2D eigenvalue weighted by Gasteiger charge is -2.30. The number of carbonyl (C=O) groups is 1. The Labute approximate surface area is 127 Å². The number of hydrogen-bond acceptors (Lipinski definition) is 4. The number of rotatable bonds is 6. The zero-order chi connectivity index (χ0) is 15.1. The third-order valence-electron chi connectivity index (χ3n) is 4.25. The average Bonchev–Trinajstić information content (AvgIpc) is 2.49. The Balaban J connectivity index is 1.70. The van der Waals surface area contributed by atoms with Crippen LogP contribution in [0.1, 0.15) is 32.1 Å². The van der Waals surface area contributed by atoms with Crippen LogP contribution in [0.2, 0.25) is 0 Å². The van der Waals surface area contributed by atoms with Gasteiger partial charge < -0.3 is 14.7 Å². The molecule has 1 atom stereocenters. The number of β-amino-alcohol motifs (C(OH)–C–C–N with tert-alkyl or cyclic N) is 1. The lowest BCUT2D eigenvalue weighted by atomic mass is 9.97. The van der Waals surface area contributed by atoms with E-state index in [2.05, 4.69) is 11.0 Å². The Bertz CT molecular complexity index is 365. The van der Waals surface area contributed by atoms with Crippen molar-refractivity contribution in [2.24, 2.45) is 0 Å². The summed E-state index contributed by atoms with van der Waals surface area (Å²) in [6.45, 7) is 4.21. The molecular weight excluding hydrogens is 268 g/mol. The fraction of sp³-hybridized carbons (Fsp3) is 0.812. The summed E-state index contributed by atoms with van der Waals surface area (Å²) in [5.74, 6) is 0.115. The Kier molecular flexibility index (Phi) is 6.67. The predicted octanol–water partition coefficient (Wildman–Crippen LogP) is 1.03. The molecule has 2 rings (SSSR count). The van der Waals surface area contributed by atoms with E-state index in [0.29, 0.717) is 19.5 Å². The number of aliphatic hydroxyl groups is 1. The van der Waals surface area contributed by atoms with Gasteiger partial charge in [0.1, 0.15) is 0 Å². The second-order valence-electron chi connectivity index (χ2n) is 6.13. The summed E-state index contributed by atoms with van der Waals surface area (Å²) in [4.78, 5) is 16.0. The molecule has 21 heavy (non-hydrogen) atoms. The van der Waals surface area contributed by atoms with E-state index < -0.39 is 6.10 Å². The number of hydrogen-bond donors (Lipinski definition) is 1. The van der Waals surface area contributed by atoms with Crippen LogP contribution in [0.15, 0.2) is 11.6 Å². The van der Waals surface area contributed by atoms with Gasteiger partial charge in [-0.2, -0.15) is 0 Å². The zero-order valence-corrected chi connectivity index (χ0v) is 13.1. The summed E-state index contributed by atoms with van der Waals surface area (Å²) in [6.07, 6.45) is 6.83. The van der Waals surface area contributed by atoms with Crippen LogP contribution in [0.4, 0.5) is 0 Å². The number of aliphatic hydroxyl groups excluding tert-OH is 1. The smallest absolute Gasteiger partial charge is 0.226 e. The van der Waals surface area contributed by atoms with Crippen LogP contribution < -0.4 is 0 Å². The van der Waals surface area contributed by atoms with Crippen LogP contribution >= 0.6 is 0 Å². The summed E-state index contributed by atoms with van der Waals surface area (Å²) in [6, 6.07) is 0. The van der Waals surface area contributed by atoms with Crippen molar-refractivity contribution in [1.82, 2.24) is 9.80 Å². The summed E-state index contributed by atoms with van der Waals surface area (Å²) in [5, 5.41) is 10.1. The highest BCUT2D eigenvalue weighted by molar-refractivity contribution is 5.78. The van der Waals surface area contributed by atoms with Crippen LogP contribution in [0, 0.1) is 0 Å². The van der Waals surface area contributed by atoms with Crippen LogP contribution in [0.5, 0.6) is 0 Å². The van der Waals surface area contributed by atoms with Gasteiger partial charge in [-0.1, -0.05) is 11.6 Å². The van der Waals surface area contributed by atoms with Gasteiger partial charge in [0, 0.05) is 39.6 Å². The number of ether oxygens (including phenoxy) is 1. The number of allylic oxidation sites excluding steroid dienone is 1. The van der Waals surface area contributed by atoms with E-state index in [-0.39, 0.29) is 5.91 Å². The number of morpholine rings is 1. The number of nitrogens with zero attached hydrogens (tertiary/aromatic N) is 2. The lowest BCUT2D eigenvalue weighted by molar-refractivity contribution is -0.130. The highest BCUT2D eigenvalue weighted by atomic mass is 16.5. The summed E-state index contributed by atoms with van der Waals surface area (Å²) >= 11 is 0. The Morgan fingerprint density at radius 3 is 2.86 bits per heavy atom. The molecule has 5 heteroatoms. The van der Waals surface area contributed by atoms with E-state index in [1.165, 1.54) is 18.4 Å². The van der Waals surface area contributed by atoms with Gasteiger partial charge in [0.05, 0.1) is 19.3 Å². The quantitative estimate of drug-likeness (QED) is 0.744. The highest BCUT2D eigenvalue weighted by Gasteiger charge is 2.19. The highest BCUT2D eigenvalue weighted by Crippen LogP contribution is 2.20. The van der Waals surface area contributed by atoms with Gasteiger partial charge >= 0.3 is 0 Å². The maximum atomic E-state index is 12.2. The Hall–Kier alpha value is -0.910. The summed E-state index contributed by atoms with van der Waals surface area (Å²) < 4.78 is 5.29. The van der Waals surface area contributed by atoms with Crippen molar-refractivity contribution in [2.45, 2.75) is 38.2 Å². The van der Waals surface area contributed by atoms with Gasteiger partial charge in [-0.3, -0.25) is 9.69 Å². The molecule has 0 radical (unpaired) electrons. The molecule has 0 bridgehead atoms. The molecule has 0 aromatic heterocycles. The molecule has 1 aliphatic heterocycles. The minimum absolute atomic E-state index is 0.115. The molecule has 2 aliphatic rings. The van der Waals surface area contributed by atoms with Crippen molar-refractivity contribution in [2.75, 3.05) is 46.4 Å². The minimum Gasteiger partial charge on any atom is -0.390 e. The standard InChI is InChI=1S/C16H28N2O3/c1-17(16(20)11-14-5-3-2-4-6-14)12-15(19)13-18-7-9-21-10-8-18/h5,15,19H,2-4,6-13H2,1H3. The van der Waals surface area contributed by atoms with Crippen LogP contribution in [0.3, 0.4) is 0 Å². The maximum absolute atomic E-state index is 12.2. The molecule has 1 fully saturated rings. The number of likely N-dealkylation sites (N-methyl/N-ethyl adjacent to an activating group) is 1. The van der Waals surface area contributed by atoms with Crippen molar-refractivity contribution in [3.63, 3.8) is 0 Å². The molecule has 120 valence electrons. The summed E-state index contributed by atoms with van der Waals surface area (Å²) in [7, 11) is 1.79. The monoisotopic (exact) mass is 296 g/mol. The van der Waals surface area contributed by atoms with Crippen LogP contribution in [-0.2, 0) is 9.53 Å². The third kappa shape index (κ3) is 5.77. The van der Waals surface area contributed by atoms with E-state index in [0.717, 1.165) is 39.1 Å². The second kappa shape index (κ2) is 8.51. The van der Waals surface area contributed by atoms with Crippen LogP contribution in [0.25, 0.3) is 0 Å². The molecular formula is C16H28N2O3. The van der Waals surface area contributed by atoms with E-state index in [1.807, 2.05) is 0 Å². The zero-order valence-electron chi connectivity index (χ0n) is 13.1. The SMILES string of the molecule is CN(CC(O)CN1CCOCC1)C(=O)CC1=CCCCC1. The van der Waals surface area contributed by atoms with Gasteiger partial charge in [-0.05, 0) is 25.7 Å². The molecule has 1 amide bonds. The first-order valence-corrected chi connectivity index (χ1v) is 8.05. The largest absolute Gasteiger partial charge is 0.390 e. The minimum atomic E-state index is -0.489. The molecule has 1 aliphatic carbocycles. The molecule has 0 spiro atoms. The first kappa shape index (κ1) is 16.5. The molecule has 1 heterocycles. The average molecular weight is 296 g/mol. The molecule has 1 saturated heterocycles. The Morgan fingerprint density at radius 2 is 2.19 bits per heavy atom. The summed E-state index contributed by atoms with van der Waals surface area (Å²) in [5.41, 5.74) is 1.26. The van der Waals surface area contributed by atoms with Crippen molar-refractivity contribution >= 4 is 5.91 Å². The van der Waals surface area contributed by atoms with Gasteiger partial charge in [-0.15, -0.1) is 0 Å². The lowest BCUT2D eigenvalue weighted by Crippen LogP contribution is -2.45. The third-order valence-corrected chi connectivity index (χ3v) is 4.25. The van der Waals surface area contributed by atoms with Gasteiger partial charge in [-0.25, -0.2) is 0 Å². The van der Waals surface area contributed by atoms with Crippen molar-refractivity contribution in [1.29, 1.82) is 0 Å². The maximum Gasteiger partial charge on any atom is 0.226 e. The second-order valence-corrected chi connectivity index (χ2v) is 6.13. The predicted molar refractivity (Wildman–Crippen MR) is 82.1 cm³/mol. The fourth-order valence-corrected chi connectivity index (χ4v) is 2.95. The van der Waals surface area contributed by atoms with Gasteiger partial charge in [0.25, 0.3) is 0 Å². The molecule has 1 unspecified atom stereocenters. The van der Waals surface area contributed by atoms with E-state index in [4.69, 9.17) is 4.74 Å². The van der Waals surface area contributed by atoms with Crippen molar-refractivity contribution in [3.8, 4) is 0 Å². The molecule has 5 nitrogen and oxygen atoms in total. The number of carbonyl (C=O) groups excluding carboxylic acids is 1. The van der Waals surface area contributed by atoms with Crippen molar-refractivity contribution < 1.29 is 14.6 Å². The molecule has 0 saturated carbocycles. The van der Waals surface area contributed by atoms with Gasteiger partial charge in [0.15, 0.2) is 0 Å². The topological polar surface area (TPSA) is 53.0 Å². The normalized spacial score (nSPS) is 21.7. The molecule has 0 aromatic carbocycles. The van der Waals surface area contributed by atoms with E-state index >= 15 is 0 Å². The fourth-order valence-electron chi connectivity index (χ4n) is 2.95. The Morgan fingerprint density at radius 1 is 1.43 bits per heavy atom. The van der Waals surface area contributed by atoms with E-state index in [1.54, 1.807) is 11.9 Å². The van der Waals surface area contributed by atoms with E-state index in [9.17, 15) is 9.90 Å². The number of amides is 1. The van der Waals surface area contributed by atoms with Gasteiger partial charge in [0.2, 0.25) is 5.91 Å². The molecule has 0 aromatic rings.